The number of aryl methyl sites for hydroxylation is 1. The first-order valence-electron chi connectivity index (χ1n) is 10.1. The summed E-state index contributed by atoms with van der Waals surface area (Å²) in [5, 5.41) is 4.25. The number of rotatable bonds is 4. The second-order valence-electron chi connectivity index (χ2n) is 7.52. The highest BCUT2D eigenvalue weighted by molar-refractivity contribution is 6.30. The monoisotopic (exact) mass is 418 g/mol. The van der Waals surface area contributed by atoms with Crippen LogP contribution in [0.3, 0.4) is 0 Å². The molecule has 4 aromatic rings. The van der Waals surface area contributed by atoms with Crippen molar-refractivity contribution in [2.75, 3.05) is 36.5 Å². The molecule has 0 aliphatic carbocycles. The number of pyridine rings is 1. The molecule has 1 N–H and O–H groups in total. The predicted molar refractivity (Wildman–Crippen MR) is 123 cm³/mol. The van der Waals surface area contributed by atoms with E-state index in [9.17, 15) is 0 Å². The van der Waals surface area contributed by atoms with E-state index in [1.807, 2.05) is 24.3 Å². The number of halogens is 1. The van der Waals surface area contributed by atoms with Gasteiger partial charge in [0.2, 0.25) is 0 Å². The van der Waals surface area contributed by atoms with E-state index in [4.69, 9.17) is 21.3 Å². The van der Waals surface area contributed by atoms with Crippen LogP contribution in [-0.4, -0.2) is 35.7 Å². The lowest BCUT2D eigenvalue weighted by Crippen LogP contribution is -2.36. The molecule has 3 heterocycles. The van der Waals surface area contributed by atoms with Crippen molar-refractivity contribution in [1.82, 2.24) is 9.38 Å². The number of nitrogens with one attached hydrogen (secondary N) is 1. The molecule has 0 unspecified atom stereocenters. The van der Waals surface area contributed by atoms with Crippen LogP contribution < -0.4 is 10.2 Å². The highest BCUT2D eigenvalue weighted by Gasteiger charge is 2.16. The van der Waals surface area contributed by atoms with E-state index in [2.05, 4.69) is 64.1 Å². The SMILES string of the molecule is Cc1ccn2c(Nc3ccc(Cl)cc3)c(-c3ccc(N4CCOCC4)cc3)nc2c1. The molecule has 0 saturated carbocycles. The van der Waals surface area contributed by atoms with Gasteiger partial charge in [0, 0.05) is 41.2 Å². The molecule has 5 rings (SSSR count). The Balaban J connectivity index is 1.54. The van der Waals surface area contributed by atoms with E-state index >= 15 is 0 Å². The quantitative estimate of drug-likeness (QED) is 0.472. The van der Waals surface area contributed by atoms with E-state index in [1.165, 1.54) is 11.3 Å². The number of aromatic nitrogens is 2. The summed E-state index contributed by atoms with van der Waals surface area (Å²) in [5.74, 6) is 0.937. The lowest BCUT2D eigenvalue weighted by Gasteiger charge is -2.28. The van der Waals surface area contributed by atoms with Crippen molar-refractivity contribution in [2.45, 2.75) is 6.92 Å². The number of hydrogen-bond acceptors (Lipinski definition) is 4. The maximum atomic E-state index is 6.05. The van der Waals surface area contributed by atoms with Crippen molar-refractivity contribution in [3.63, 3.8) is 0 Å². The summed E-state index contributed by atoms with van der Waals surface area (Å²) < 4.78 is 7.56. The van der Waals surface area contributed by atoms with Gasteiger partial charge >= 0.3 is 0 Å². The summed E-state index contributed by atoms with van der Waals surface area (Å²) in [6.07, 6.45) is 2.06. The Morgan fingerprint density at radius 2 is 1.70 bits per heavy atom. The van der Waals surface area contributed by atoms with Crippen molar-refractivity contribution in [3.8, 4) is 11.3 Å². The summed E-state index contributed by atoms with van der Waals surface area (Å²) in [7, 11) is 0. The summed E-state index contributed by atoms with van der Waals surface area (Å²) in [4.78, 5) is 7.29. The first-order valence-corrected chi connectivity index (χ1v) is 10.5. The van der Waals surface area contributed by atoms with Crippen LogP contribution >= 0.6 is 11.6 Å². The van der Waals surface area contributed by atoms with Gasteiger partial charge in [-0.3, -0.25) is 4.40 Å². The topological polar surface area (TPSA) is 41.8 Å². The zero-order valence-corrected chi connectivity index (χ0v) is 17.6. The van der Waals surface area contributed by atoms with Gasteiger partial charge in [-0.2, -0.15) is 0 Å². The predicted octanol–water partition coefficient (Wildman–Crippen LogP) is 5.54. The molecule has 0 atom stereocenters. The number of ether oxygens (including phenoxy) is 1. The van der Waals surface area contributed by atoms with Gasteiger partial charge in [-0.25, -0.2) is 4.98 Å². The molecule has 1 saturated heterocycles. The molecule has 0 amide bonds. The summed E-state index contributed by atoms with van der Waals surface area (Å²) in [5.41, 5.74) is 6.27. The number of hydrogen-bond donors (Lipinski definition) is 1. The van der Waals surface area contributed by atoms with E-state index in [0.717, 1.165) is 54.7 Å². The number of nitrogens with zero attached hydrogens (tertiary/aromatic N) is 3. The van der Waals surface area contributed by atoms with Crippen molar-refractivity contribution in [3.05, 3.63) is 77.4 Å². The Kier molecular flexibility index (Phi) is 5.07. The van der Waals surface area contributed by atoms with Gasteiger partial charge in [0.1, 0.15) is 17.2 Å². The van der Waals surface area contributed by atoms with Gasteiger partial charge in [0.05, 0.1) is 13.2 Å². The fourth-order valence-electron chi connectivity index (χ4n) is 3.79. The van der Waals surface area contributed by atoms with E-state index in [0.29, 0.717) is 5.02 Å². The fourth-order valence-corrected chi connectivity index (χ4v) is 3.91. The lowest BCUT2D eigenvalue weighted by atomic mass is 10.1. The van der Waals surface area contributed by atoms with Crippen LogP contribution in [0.5, 0.6) is 0 Å². The van der Waals surface area contributed by atoms with Gasteiger partial charge < -0.3 is 15.0 Å². The Morgan fingerprint density at radius 3 is 2.43 bits per heavy atom. The van der Waals surface area contributed by atoms with Gasteiger partial charge in [-0.05, 0) is 61.0 Å². The second kappa shape index (κ2) is 8.01. The third-order valence-electron chi connectivity index (χ3n) is 5.41. The van der Waals surface area contributed by atoms with Crippen LogP contribution in [0.25, 0.3) is 16.9 Å². The van der Waals surface area contributed by atoms with Crippen molar-refractivity contribution >= 4 is 34.4 Å². The molecular weight excluding hydrogens is 396 g/mol. The average molecular weight is 419 g/mol. The van der Waals surface area contributed by atoms with Crippen LogP contribution in [0.4, 0.5) is 17.2 Å². The highest BCUT2D eigenvalue weighted by atomic mass is 35.5. The molecule has 5 nitrogen and oxygen atoms in total. The molecule has 2 aromatic carbocycles. The zero-order chi connectivity index (χ0) is 20.5. The van der Waals surface area contributed by atoms with Gasteiger partial charge in [-0.1, -0.05) is 23.7 Å². The van der Waals surface area contributed by atoms with Crippen molar-refractivity contribution in [1.29, 1.82) is 0 Å². The first kappa shape index (κ1) is 19.0. The first-order chi connectivity index (χ1) is 14.7. The largest absolute Gasteiger partial charge is 0.378 e. The molecule has 152 valence electrons. The lowest BCUT2D eigenvalue weighted by molar-refractivity contribution is 0.122. The third kappa shape index (κ3) is 3.74. The van der Waals surface area contributed by atoms with Crippen LogP contribution in [0.15, 0.2) is 66.9 Å². The molecule has 30 heavy (non-hydrogen) atoms. The van der Waals surface area contributed by atoms with E-state index in [1.54, 1.807) is 0 Å². The minimum absolute atomic E-state index is 0.716. The van der Waals surface area contributed by atoms with Crippen molar-refractivity contribution in [2.24, 2.45) is 0 Å². The van der Waals surface area contributed by atoms with Gasteiger partial charge in [0.15, 0.2) is 0 Å². The molecule has 1 fully saturated rings. The Bertz CT molecular complexity index is 1160. The number of imidazole rings is 1. The highest BCUT2D eigenvalue weighted by Crippen LogP contribution is 2.33. The van der Waals surface area contributed by atoms with Gasteiger partial charge in [-0.15, -0.1) is 0 Å². The molecule has 0 bridgehead atoms. The zero-order valence-electron chi connectivity index (χ0n) is 16.8. The number of benzene rings is 2. The second-order valence-corrected chi connectivity index (χ2v) is 7.96. The Morgan fingerprint density at radius 1 is 0.967 bits per heavy atom. The summed E-state index contributed by atoms with van der Waals surface area (Å²) in [6.45, 7) is 5.50. The van der Waals surface area contributed by atoms with Crippen LogP contribution in [0.1, 0.15) is 5.56 Å². The smallest absolute Gasteiger partial charge is 0.143 e. The Labute approximate surface area is 180 Å². The molecule has 6 heteroatoms. The maximum Gasteiger partial charge on any atom is 0.143 e. The minimum Gasteiger partial charge on any atom is -0.378 e. The molecule has 0 spiro atoms. The summed E-state index contributed by atoms with van der Waals surface area (Å²) >= 11 is 6.05. The van der Waals surface area contributed by atoms with Crippen LogP contribution in [0.2, 0.25) is 5.02 Å². The van der Waals surface area contributed by atoms with E-state index in [-0.39, 0.29) is 0 Å². The standard InChI is InChI=1S/C24H23ClN4O/c1-17-10-11-29-22(16-17)27-23(24(29)26-20-6-4-19(25)5-7-20)18-2-8-21(9-3-18)28-12-14-30-15-13-28/h2-11,16,26H,12-15H2,1H3. The van der Waals surface area contributed by atoms with Crippen LogP contribution in [-0.2, 0) is 4.74 Å². The average Bonchev–Trinajstić information content (AvgIpc) is 3.13. The number of fused-ring (bicyclic) bond motifs is 1. The number of morpholine rings is 1. The van der Waals surface area contributed by atoms with E-state index < -0.39 is 0 Å². The van der Waals surface area contributed by atoms with Crippen LogP contribution in [0, 0.1) is 6.92 Å². The maximum absolute atomic E-state index is 6.05. The Hall–Kier alpha value is -3.02. The molecule has 1 aliphatic heterocycles. The summed E-state index contributed by atoms with van der Waals surface area (Å²) in [6, 6.07) is 20.5. The normalized spacial score (nSPS) is 14.3. The number of anilines is 3. The fraction of sp³-hybridized carbons (Fsp3) is 0.208. The van der Waals surface area contributed by atoms with Gasteiger partial charge in [0.25, 0.3) is 0 Å². The molecular formula is C24H23ClN4O. The van der Waals surface area contributed by atoms with Crippen molar-refractivity contribution < 1.29 is 4.74 Å². The molecule has 2 aromatic heterocycles. The minimum atomic E-state index is 0.716. The molecule has 0 radical (unpaired) electrons. The third-order valence-corrected chi connectivity index (χ3v) is 5.66. The molecule has 1 aliphatic rings.